The third kappa shape index (κ3) is 9.43. The highest BCUT2D eigenvalue weighted by Gasteiger charge is 2.08. The van der Waals surface area contributed by atoms with Gasteiger partial charge in [-0.05, 0) is 83.4 Å². The molecule has 0 unspecified atom stereocenters. The van der Waals surface area contributed by atoms with Gasteiger partial charge < -0.3 is 26.4 Å². The number of hydrogen-bond donors (Lipinski definition) is 4. The number of carbonyl (C=O) groups excluding carboxylic acids is 1. The van der Waals surface area contributed by atoms with Crippen LogP contribution in [0, 0.1) is 0 Å². The van der Waals surface area contributed by atoms with E-state index in [2.05, 4.69) is 28.1 Å². The monoisotopic (exact) mass is 479 g/mol. The first-order chi connectivity index (χ1) is 17.3. The average molecular weight is 480 g/mol. The van der Waals surface area contributed by atoms with E-state index in [9.17, 15) is 4.79 Å². The number of aromatic nitrogens is 1. The Morgan fingerprint density at radius 3 is 1.97 bits per heavy atom. The maximum atomic E-state index is 12.0. The molecule has 7 heteroatoms. The van der Waals surface area contributed by atoms with E-state index in [-0.39, 0.29) is 5.97 Å². The number of pyridine rings is 1. The number of nitrogens with zero attached hydrogens (tertiary/aromatic N) is 1. The zero-order chi connectivity index (χ0) is 24.6. The van der Waals surface area contributed by atoms with Crippen LogP contribution in [0.3, 0.4) is 0 Å². The zero-order valence-electron chi connectivity index (χ0n) is 20.9. The summed E-state index contributed by atoms with van der Waals surface area (Å²) in [6.45, 7) is 5.97. The number of para-hydroxylation sites is 2. The molecule has 190 valence electrons. The number of anilines is 1. The molecule has 5 N–H and O–H groups in total. The van der Waals surface area contributed by atoms with Gasteiger partial charge in [0.1, 0.15) is 0 Å². The summed E-state index contributed by atoms with van der Waals surface area (Å²) < 4.78 is 5.38. The van der Waals surface area contributed by atoms with Crippen molar-refractivity contribution >= 4 is 33.5 Å². The first kappa shape index (κ1) is 26.9. The van der Waals surface area contributed by atoms with E-state index >= 15 is 0 Å². The highest BCUT2D eigenvalue weighted by molar-refractivity contribution is 6.07. The SMILES string of the molecule is NCCCNCCCCNCCCOC(=O)CCCCNc1c2ccccc2nc2ccccc12. The average Bonchev–Trinajstić information content (AvgIpc) is 2.88. The van der Waals surface area contributed by atoms with Gasteiger partial charge in [-0.25, -0.2) is 4.98 Å². The molecule has 1 aromatic heterocycles. The molecule has 0 spiro atoms. The van der Waals surface area contributed by atoms with Crippen LogP contribution in [0.2, 0.25) is 0 Å². The Morgan fingerprint density at radius 1 is 0.743 bits per heavy atom. The van der Waals surface area contributed by atoms with Crippen LogP contribution in [0.25, 0.3) is 21.8 Å². The Balaban J connectivity index is 1.24. The third-order valence-electron chi connectivity index (χ3n) is 5.97. The summed E-state index contributed by atoms with van der Waals surface area (Å²) in [6, 6.07) is 16.4. The zero-order valence-corrected chi connectivity index (χ0v) is 20.9. The Hall–Kier alpha value is -2.74. The van der Waals surface area contributed by atoms with Crippen LogP contribution in [-0.2, 0) is 9.53 Å². The molecule has 0 aliphatic carbocycles. The Bertz CT molecular complexity index is 973. The van der Waals surface area contributed by atoms with E-state index < -0.39 is 0 Å². The van der Waals surface area contributed by atoms with Gasteiger partial charge in [-0.1, -0.05) is 36.4 Å². The summed E-state index contributed by atoms with van der Waals surface area (Å²) in [5.41, 5.74) is 8.56. The largest absolute Gasteiger partial charge is 0.466 e. The molecular weight excluding hydrogens is 438 g/mol. The summed E-state index contributed by atoms with van der Waals surface area (Å²) in [5.74, 6) is -0.103. The fraction of sp³-hybridized carbons (Fsp3) is 0.500. The Labute approximate surface area is 209 Å². The maximum Gasteiger partial charge on any atom is 0.305 e. The predicted octanol–water partition coefficient (Wildman–Crippen LogP) is 4.21. The third-order valence-corrected chi connectivity index (χ3v) is 5.97. The van der Waals surface area contributed by atoms with E-state index in [0.29, 0.717) is 13.0 Å². The number of fused-ring (bicyclic) bond motifs is 2. The van der Waals surface area contributed by atoms with Gasteiger partial charge in [0.05, 0.1) is 23.3 Å². The van der Waals surface area contributed by atoms with Crippen LogP contribution in [0.15, 0.2) is 48.5 Å². The number of nitrogens with one attached hydrogen (secondary N) is 3. The van der Waals surface area contributed by atoms with Crippen molar-refractivity contribution in [2.75, 3.05) is 51.2 Å². The van der Waals surface area contributed by atoms with E-state index in [1.807, 2.05) is 36.4 Å². The van der Waals surface area contributed by atoms with Gasteiger partial charge >= 0.3 is 5.97 Å². The number of rotatable bonds is 18. The lowest BCUT2D eigenvalue weighted by molar-refractivity contribution is -0.143. The summed E-state index contributed by atoms with van der Waals surface area (Å²) in [6.07, 6.45) is 6.37. The molecule has 0 fully saturated rings. The van der Waals surface area contributed by atoms with Crippen LogP contribution in [0.1, 0.15) is 44.9 Å². The van der Waals surface area contributed by atoms with Crippen LogP contribution in [-0.4, -0.2) is 56.8 Å². The Kier molecular flexibility index (Phi) is 12.3. The highest BCUT2D eigenvalue weighted by atomic mass is 16.5. The van der Waals surface area contributed by atoms with Crippen molar-refractivity contribution in [3.8, 4) is 0 Å². The second-order valence-corrected chi connectivity index (χ2v) is 8.83. The second-order valence-electron chi connectivity index (χ2n) is 8.83. The van der Waals surface area contributed by atoms with E-state index in [1.54, 1.807) is 0 Å². The van der Waals surface area contributed by atoms with E-state index in [4.69, 9.17) is 15.5 Å². The van der Waals surface area contributed by atoms with Gasteiger partial charge in [0, 0.05) is 23.7 Å². The number of unbranched alkanes of at least 4 members (excludes halogenated alkanes) is 2. The summed E-state index contributed by atoms with van der Waals surface area (Å²) >= 11 is 0. The highest BCUT2D eigenvalue weighted by Crippen LogP contribution is 2.30. The number of esters is 1. The number of hydrogen-bond acceptors (Lipinski definition) is 7. The van der Waals surface area contributed by atoms with Crippen molar-refractivity contribution in [1.29, 1.82) is 0 Å². The molecule has 1 heterocycles. The van der Waals surface area contributed by atoms with Gasteiger partial charge in [-0.2, -0.15) is 0 Å². The quantitative estimate of drug-likeness (QED) is 0.123. The van der Waals surface area contributed by atoms with E-state index in [1.165, 1.54) is 0 Å². The minimum absolute atomic E-state index is 0.103. The molecule has 0 amide bonds. The van der Waals surface area contributed by atoms with Crippen molar-refractivity contribution in [2.45, 2.75) is 44.9 Å². The van der Waals surface area contributed by atoms with Crippen molar-refractivity contribution in [3.05, 3.63) is 48.5 Å². The fourth-order valence-corrected chi connectivity index (χ4v) is 4.07. The van der Waals surface area contributed by atoms with Crippen LogP contribution in [0.5, 0.6) is 0 Å². The van der Waals surface area contributed by atoms with Crippen molar-refractivity contribution in [3.63, 3.8) is 0 Å². The minimum Gasteiger partial charge on any atom is -0.466 e. The molecule has 3 aromatic rings. The van der Waals surface area contributed by atoms with Crippen LogP contribution < -0.4 is 21.7 Å². The summed E-state index contributed by atoms with van der Waals surface area (Å²) in [5, 5.41) is 12.6. The lowest BCUT2D eigenvalue weighted by Crippen LogP contribution is -2.22. The van der Waals surface area contributed by atoms with Gasteiger partial charge in [-0.15, -0.1) is 0 Å². The van der Waals surface area contributed by atoms with Gasteiger partial charge in [-0.3, -0.25) is 4.79 Å². The van der Waals surface area contributed by atoms with Crippen molar-refractivity contribution in [2.24, 2.45) is 5.73 Å². The first-order valence-corrected chi connectivity index (χ1v) is 13.1. The molecular formula is C28H41N5O2. The second kappa shape index (κ2) is 16.0. The molecule has 0 saturated heterocycles. The Morgan fingerprint density at radius 2 is 1.31 bits per heavy atom. The predicted molar refractivity (Wildman–Crippen MR) is 146 cm³/mol. The summed E-state index contributed by atoms with van der Waals surface area (Å²) in [7, 11) is 0. The molecule has 3 rings (SSSR count). The molecule has 2 aromatic carbocycles. The maximum absolute atomic E-state index is 12.0. The lowest BCUT2D eigenvalue weighted by atomic mass is 10.1. The molecule has 0 bridgehead atoms. The smallest absolute Gasteiger partial charge is 0.305 e. The van der Waals surface area contributed by atoms with Crippen LogP contribution in [0.4, 0.5) is 5.69 Å². The fourth-order valence-electron chi connectivity index (χ4n) is 4.07. The normalized spacial score (nSPS) is 11.2. The van der Waals surface area contributed by atoms with Crippen molar-refractivity contribution < 1.29 is 9.53 Å². The summed E-state index contributed by atoms with van der Waals surface area (Å²) in [4.78, 5) is 16.8. The lowest BCUT2D eigenvalue weighted by Gasteiger charge is -2.13. The van der Waals surface area contributed by atoms with Crippen LogP contribution >= 0.6 is 0 Å². The topological polar surface area (TPSA) is 101 Å². The number of carbonyl (C=O) groups is 1. The van der Waals surface area contributed by atoms with Gasteiger partial charge in [0.25, 0.3) is 0 Å². The molecule has 0 saturated carbocycles. The molecule has 0 aliphatic heterocycles. The molecule has 7 nitrogen and oxygen atoms in total. The number of nitrogens with two attached hydrogens (primary N) is 1. The van der Waals surface area contributed by atoms with Gasteiger partial charge in [0.15, 0.2) is 0 Å². The molecule has 35 heavy (non-hydrogen) atoms. The molecule has 0 radical (unpaired) electrons. The standard InChI is InChI=1S/C28H41N5O2/c29-16-9-19-30-17-7-8-18-31-20-10-22-35-27(34)15-5-6-21-32-28-23-11-1-3-13-25(23)33-26-14-4-2-12-24(26)28/h1-4,11-14,30-31H,5-10,15-22,29H2,(H,32,33). The molecule has 0 aliphatic rings. The number of ether oxygens (including phenoxy) is 1. The molecule has 0 atom stereocenters. The van der Waals surface area contributed by atoms with E-state index in [0.717, 1.165) is 105 Å². The number of benzene rings is 2. The minimum atomic E-state index is -0.103. The van der Waals surface area contributed by atoms with Crippen molar-refractivity contribution in [1.82, 2.24) is 15.6 Å². The van der Waals surface area contributed by atoms with Gasteiger partial charge in [0.2, 0.25) is 0 Å². The first-order valence-electron chi connectivity index (χ1n) is 13.1.